The lowest BCUT2D eigenvalue weighted by Gasteiger charge is -2.36. The molecule has 0 heterocycles. The second-order valence-electron chi connectivity index (χ2n) is 6.93. The predicted molar refractivity (Wildman–Crippen MR) is 82.0 cm³/mol. The molecule has 0 aromatic carbocycles. The van der Waals surface area contributed by atoms with Crippen LogP contribution in [0.3, 0.4) is 0 Å². The minimum absolute atomic E-state index is 0.321. The molecule has 0 radical (unpaired) electrons. The molecule has 4 heteroatoms. The van der Waals surface area contributed by atoms with Crippen LogP contribution in [-0.4, -0.2) is 23.7 Å². The largest absolute Gasteiger partial charge is 0.481 e. The Labute approximate surface area is 128 Å². The third-order valence-corrected chi connectivity index (χ3v) is 4.63. The van der Waals surface area contributed by atoms with E-state index in [-0.39, 0.29) is 5.97 Å². The molecule has 122 valence electrons. The number of hydrogen-bond acceptors (Lipinski definition) is 3. The van der Waals surface area contributed by atoms with Gasteiger partial charge in [-0.05, 0) is 32.1 Å². The third kappa shape index (κ3) is 5.33. The molecule has 0 aromatic heterocycles. The molecule has 0 bridgehead atoms. The van der Waals surface area contributed by atoms with Crippen molar-refractivity contribution in [1.29, 1.82) is 0 Å². The van der Waals surface area contributed by atoms with E-state index in [1.165, 1.54) is 6.42 Å². The van der Waals surface area contributed by atoms with Gasteiger partial charge in [-0.2, -0.15) is 0 Å². The van der Waals surface area contributed by atoms with Crippen LogP contribution < -0.4 is 0 Å². The molecule has 1 N–H and O–H groups in total. The van der Waals surface area contributed by atoms with Gasteiger partial charge in [0.2, 0.25) is 0 Å². The van der Waals surface area contributed by atoms with Gasteiger partial charge >= 0.3 is 11.9 Å². The number of carboxylic acid groups (broad SMARTS) is 1. The molecule has 0 saturated heterocycles. The smallest absolute Gasteiger partial charge is 0.312 e. The zero-order chi connectivity index (χ0) is 15.9. The summed E-state index contributed by atoms with van der Waals surface area (Å²) in [5.41, 5.74) is -0.845. The van der Waals surface area contributed by atoms with E-state index in [1.807, 2.05) is 0 Å². The summed E-state index contributed by atoms with van der Waals surface area (Å²) >= 11 is 0. The molecular weight excluding hydrogens is 268 g/mol. The molecule has 2 unspecified atom stereocenters. The van der Waals surface area contributed by atoms with Crippen LogP contribution in [0.15, 0.2) is 0 Å². The number of hydrogen-bond donors (Lipinski definition) is 1. The van der Waals surface area contributed by atoms with Crippen molar-refractivity contribution in [3.63, 3.8) is 0 Å². The fourth-order valence-corrected chi connectivity index (χ4v) is 3.13. The summed E-state index contributed by atoms with van der Waals surface area (Å²) in [5, 5.41) is 9.31. The summed E-state index contributed by atoms with van der Waals surface area (Å²) in [6.07, 6.45) is 7.28. The van der Waals surface area contributed by atoms with Gasteiger partial charge in [-0.1, -0.05) is 46.0 Å². The molecule has 1 rings (SSSR count). The molecule has 2 atom stereocenters. The summed E-state index contributed by atoms with van der Waals surface area (Å²) in [7, 11) is 0. The van der Waals surface area contributed by atoms with Crippen molar-refractivity contribution in [2.75, 3.05) is 6.61 Å². The predicted octanol–water partition coefficient (Wildman–Crippen LogP) is 4.03. The highest BCUT2D eigenvalue weighted by atomic mass is 16.5. The maximum Gasteiger partial charge on any atom is 0.312 e. The molecular formula is C17H30O4. The Balaban J connectivity index is 2.37. The van der Waals surface area contributed by atoms with E-state index in [0.717, 1.165) is 32.1 Å². The number of unbranched alkanes of at least 4 members (excludes halogenated alkanes) is 2. The summed E-state index contributed by atoms with van der Waals surface area (Å²) in [5.74, 6) is -1.07. The minimum atomic E-state index is -0.869. The topological polar surface area (TPSA) is 63.6 Å². The van der Waals surface area contributed by atoms with Gasteiger partial charge in [0.1, 0.15) is 0 Å². The number of esters is 1. The van der Waals surface area contributed by atoms with Crippen molar-refractivity contribution in [1.82, 2.24) is 0 Å². The van der Waals surface area contributed by atoms with Gasteiger partial charge < -0.3 is 9.84 Å². The SMILES string of the molecule is CC(C)CCCCCOC(=O)C1(C)CCCCC1C(=O)O. The first kappa shape index (κ1) is 18.0. The zero-order valence-corrected chi connectivity index (χ0v) is 13.7. The second-order valence-corrected chi connectivity index (χ2v) is 6.93. The molecule has 21 heavy (non-hydrogen) atoms. The third-order valence-electron chi connectivity index (χ3n) is 4.63. The molecule has 0 aromatic rings. The average Bonchev–Trinajstić information content (AvgIpc) is 2.42. The van der Waals surface area contributed by atoms with E-state index in [4.69, 9.17) is 4.74 Å². The van der Waals surface area contributed by atoms with Crippen LogP contribution >= 0.6 is 0 Å². The van der Waals surface area contributed by atoms with Crippen LogP contribution in [0.4, 0.5) is 0 Å². The number of carbonyl (C=O) groups is 2. The highest BCUT2D eigenvalue weighted by Crippen LogP contribution is 2.42. The van der Waals surface area contributed by atoms with Crippen molar-refractivity contribution < 1.29 is 19.4 Å². The average molecular weight is 298 g/mol. The van der Waals surface area contributed by atoms with E-state index in [0.29, 0.717) is 25.4 Å². The number of rotatable bonds is 8. The van der Waals surface area contributed by atoms with E-state index < -0.39 is 17.3 Å². The summed E-state index contributed by atoms with van der Waals surface area (Å²) in [6, 6.07) is 0. The zero-order valence-electron chi connectivity index (χ0n) is 13.7. The van der Waals surface area contributed by atoms with Gasteiger partial charge in [-0.15, -0.1) is 0 Å². The normalized spacial score (nSPS) is 25.8. The van der Waals surface area contributed by atoms with Gasteiger partial charge in [0.05, 0.1) is 17.9 Å². The number of aliphatic carboxylic acids is 1. The Hall–Kier alpha value is -1.06. The summed E-state index contributed by atoms with van der Waals surface area (Å²) in [6.45, 7) is 6.58. The molecule has 1 aliphatic rings. The number of carboxylic acids is 1. The van der Waals surface area contributed by atoms with Crippen LogP contribution in [-0.2, 0) is 14.3 Å². The van der Waals surface area contributed by atoms with Crippen LogP contribution in [0.25, 0.3) is 0 Å². The summed E-state index contributed by atoms with van der Waals surface area (Å²) < 4.78 is 5.37. The van der Waals surface area contributed by atoms with Crippen LogP contribution in [0.5, 0.6) is 0 Å². The van der Waals surface area contributed by atoms with Gasteiger partial charge in [0.15, 0.2) is 0 Å². The Morgan fingerprint density at radius 3 is 2.57 bits per heavy atom. The lowest BCUT2D eigenvalue weighted by Crippen LogP contribution is -2.43. The fraction of sp³-hybridized carbons (Fsp3) is 0.882. The lowest BCUT2D eigenvalue weighted by atomic mass is 9.67. The molecule has 1 aliphatic carbocycles. The lowest BCUT2D eigenvalue weighted by molar-refractivity contribution is -0.169. The molecule has 1 fully saturated rings. The van der Waals surface area contributed by atoms with Crippen molar-refractivity contribution in [3.05, 3.63) is 0 Å². The quantitative estimate of drug-likeness (QED) is 0.543. The number of ether oxygens (including phenoxy) is 1. The molecule has 0 spiro atoms. The van der Waals surface area contributed by atoms with E-state index >= 15 is 0 Å². The maximum atomic E-state index is 12.3. The maximum absolute atomic E-state index is 12.3. The fourth-order valence-electron chi connectivity index (χ4n) is 3.13. The monoisotopic (exact) mass is 298 g/mol. The first-order valence-corrected chi connectivity index (χ1v) is 8.28. The Morgan fingerprint density at radius 2 is 1.95 bits per heavy atom. The van der Waals surface area contributed by atoms with E-state index in [9.17, 15) is 14.7 Å². The van der Waals surface area contributed by atoms with Crippen molar-refractivity contribution in [2.45, 2.75) is 72.1 Å². The molecule has 1 saturated carbocycles. The van der Waals surface area contributed by atoms with Crippen LogP contribution in [0.2, 0.25) is 0 Å². The van der Waals surface area contributed by atoms with Crippen molar-refractivity contribution in [2.24, 2.45) is 17.3 Å². The van der Waals surface area contributed by atoms with Gasteiger partial charge in [-0.25, -0.2) is 0 Å². The van der Waals surface area contributed by atoms with Crippen molar-refractivity contribution >= 4 is 11.9 Å². The Bertz CT molecular complexity index is 351. The van der Waals surface area contributed by atoms with Gasteiger partial charge in [-0.3, -0.25) is 9.59 Å². The van der Waals surface area contributed by atoms with E-state index in [1.54, 1.807) is 6.92 Å². The Kier molecular flexibility index (Phi) is 7.20. The first-order valence-electron chi connectivity index (χ1n) is 8.28. The standard InChI is InChI=1S/C17H30O4/c1-13(2)9-5-4-8-12-21-16(20)17(3)11-7-6-10-14(17)15(18)19/h13-14H,4-12H2,1-3H3,(H,18,19). The van der Waals surface area contributed by atoms with E-state index in [2.05, 4.69) is 13.8 Å². The van der Waals surface area contributed by atoms with Crippen LogP contribution in [0.1, 0.15) is 72.1 Å². The molecule has 0 aliphatic heterocycles. The van der Waals surface area contributed by atoms with Gasteiger partial charge in [0, 0.05) is 0 Å². The first-order chi connectivity index (χ1) is 9.88. The minimum Gasteiger partial charge on any atom is -0.481 e. The molecule has 4 nitrogen and oxygen atoms in total. The van der Waals surface area contributed by atoms with Crippen LogP contribution in [0, 0.1) is 17.3 Å². The summed E-state index contributed by atoms with van der Waals surface area (Å²) in [4.78, 5) is 23.6. The number of carbonyl (C=O) groups excluding carboxylic acids is 1. The highest BCUT2D eigenvalue weighted by molar-refractivity contribution is 5.84. The Morgan fingerprint density at radius 1 is 1.24 bits per heavy atom. The van der Waals surface area contributed by atoms with Crippen molar-refractivity contribution in [3.8, 4) is 0 Å². The highest BCUT2D eigenvalue weighted by Gasteiger charge is 2.47. The molecule has 0 amide bonds. The van der Waals surface area contributed by atoms with Gasteiger partial charge in [0.25, 0.3) is 0 Å². The second kappa shape index (κ2) is 8.40.